The number of nitro benzene ring substituents is 1. The van der Waals surface area contributed by atoms with Crippen molar-refractivity contribution in [1.82, 2.24) is 9.80 Å². The Kier molecular flexibility index (Phi) is 12.0. The van der Waals surface area contributed by atoms with Gasteiger partial charge in [-0.15, -0.1) is 0 Å². The van der Waals surface area contributed by atoms with Gasteiger partial charge in [0.1, 0.15) is 11.2 Å². The normalized spacial score (nSPS) is 15.6. The molecule has 0 radical (unpaired) electrons. The van der Waals surface area contributed by atoms with Crippen LogP contribution in [0.25, 0.3) is 0 Å². The van der Waals surface area contributed by atoms with E-state index < -0.39 is 16.1 Å². The van der Waals surface area contributed by atoms with Gasteiger partial charge < -0.3 is 45.0 Å². The minimum Gasteiger partial charge on any atom is -0.444 e. The number of aliphatic hydroxyl groups excluding tert-OH is 2. The molecule has 0 saturated carbocycles. The summed E-state index contributed by atoms with van der Waals surface area (Å²) in [6, 6.07) is 9.99. The van der Waals surface area contributed by atoms with E-state index in [0.29, 0.717) is 63.6 Å². The molecule has 4 N–H and O–H groups in total. The van der Waals surface area contributed by atoms with E-state index in [1.807, 2.05) is 58.6 Å². The number of piperazine rings is 2. The van der Waals surface area contributed by atoms with Crippen LogP contribution >= 0.6 is 0 Å². The first-order chi connectivity index (χ1) is 21.5. The van der Waals surface area contributed by atoms with Crippen LogP contribution in [-0.4, -0.2) is 101 Å². The number of rotatable bonds is 5. The third kappa shape index (κ3) is 10.4. The van der Waals surface area contributed by atoms with Gasteiger partial charge in [-0.2, -0.15) is 0 Å². The maximum absolute atomic E-state index is 12.1. The molecule has 14 heteroatoms. The number of nitrogen functional groups attached to an aromatic ring is 1. The number of benzene rings is 2. The Bertz CT molecular complexity index is 1360. The van der Waals surface area contributed by atoms with Crippen molar-refractivity contribution >= 4 is 34.9 Å². The van der Waals surface area contributed by atoms with E-state index in [4.69, 9.17) is 15.2 Å². The van der Waals surface area contributed by atoms with Crippen molar-refractivity contribution in [2.45, 2.75) is 66.0 Å². The van der Waals surface area contributed by atoms with Crippen molar-refractivity contribution in [2.24, 2.45) is 0 Å². The highest BCUT2D eigenvalue weighted by atomic mass is 16.6. The van der Waals surface area contributed by atoms with E-state index in [0.717, 1.165) is 16.9 Å². The summed E-state index contributed by atoms with van der Waals surface area (Å²) in [5, 5.41) is 29.8. The number of nitro groups is 1. The maximum atomic E-state index is 12.1. The van der Waals surface area contributed by atoms with E-state index in [2.05, 4.69) is 4.90 Å². The molecule has 2 saturated heterocycles. The molecule has 2 heterocycles. The van der Waals surface area contributed by atoms with Crippen molar-refractivity contribution in [3.8, 4) is 0 Å². The number of ether oxygens (including phenoxy) is 2. The first-order valence-corrected chi connectivity index (χ1v) is 15.3. The van der Waals surface area contributed by atoms with Gasteiger partial charge in [0.25, 0.3) is 5.69 Å². The molecule has 2 aromatic rings. The largest absolute Gasteiger partial charge is 0.444 e. The molecule has 2 fully saturated rings. The lowest BCUT2D eigenvalue weighted by Gasteiger charge is -2.37. The third-order valence-electron chi connectivity index (χ3n) is 7.26. The summed E-state index contributed by atoms with van der Waals surface area (Å²) in [5.74, 6) is 0. The fourth-order valence-corrected chi connectivity index (χ4v) is 5.07. The van der Waals surface area contributed by atoms with Crippen LogP contribution in [0.15, 0.2) is 36.4 Å². The molecular weight excluding hydrogens is 596 g/mol. The number of amides is 2. The molecule has 0 aliphatic carbocycles. The van der Waals surface area contributed by atoms with Crippen LogP contribution in [0.4, 0.5) is 32.3 Å². The molecule has 2 aliphatic heterocycles. The molecule has 0 atom stereocenters. The first kappa shape index (κ1) is 36.2. The van der Waals surface area contributed by atoms with Gasteiger partial charge in [-0.3, -0.25) is 10.1 Å². The standard InChI is InChI=1S/C16H23N3O5.C16H25N3O3/c1-16(2,3)24-15(21)18-8-6-17(7-9-18)14-5-4-13(19(22)23)10-12(14)11-20;1-16(2,3)22-15(21)19-8-6-18(7-9-19)14-5-4-13(17)10-12(14)11-20/h4-5,10,20H,6-9,11H2,1-3H3;4-5,10,20H,6-9,11,17H2,1-3H3. The number of carbonyl (C=O) groups excluding carboxylic acids is 2. The summed E-state index contributed by atoms with van der Waals surface area (Å²) in [7, 11) is 0. The average molecular weight is 645 g/mol. The highest BCUT2D eigenvalue weighted by molar-refractivity contribution is 5.69. The molecule has 0 unspecified atom stereocenters. The van der Waals surface area contributed by atoms with E-state index in [1.165, 1.54) is 12.1 Å². The van der Waals surface area contributed by atoms with Crippen LogP contribution in [0, 0.1) is 10.1 Å². The van der Waals surface area contributed by atoms with Crippen LogP contribution in [0.5, 0.6) is 0 Å². The molecule has 14 nitrogen and oxygen atoms in total. The Morgan fingerprint density at radius 3 is 1.50 bits per heavy atom. The van der Waals surface area contributed by atoms with E-state index >= 15 is 0 Å². The van der Waals surface area contributed by atoms with Gasteiger partial charge in [0.2, 0.25) is 0 Å². The van der Waals surface area contributed by atoms with E-state index in [9.17, 15) is 29.9 Å². The first-order valence-electron chi connectivity index (χ1n) is 15.3. The number of anilines is 3. The summed E-state index contributed by atoms with van der Waals surface area (Å²) in [5.41, 5.74) is 8.39. The van der Waals surface area contributed by atoms with Gasteiger partial charge in [-0.25, -0.2) is 9.59 Å². The zero-order valence-corrected chi connectivity index (χ0v) is 27.7. The van der Waals surface area contributed by atoms with Crippen LogP contribution in [-0.2, 0) is 22.7 Å². The predicted molar refractivity (Wildman–Crippen MR) is 176 cm³/mol. The van der Waals surface area contributed by atoms with Crippen LogP contribution in [0.3, 0.4) is 0 Å². The van der Waals surface area contributed by atoms with Crippen molar-refractivity contribution in [3.63, 3.8) is 0 Å². The van der Waals surface area contributed by atoms with Gasteiger partial charge >= 0.3 is 12.2 Å². The summed E-state index contributed by atoms with van der Waals surface area (Å²) < 4.78 is 10.7. The highest BCUT2D eigenvalue weighted by Crippen LogP contribution is 2.27. The molecular formula is C32H48N6O8. The fourth-order valence-electron chi connectivity index (χ4n) is 5.07. The minimum absolute atomic E-state index is 0.0461. The number of aliphatic hydroxyl groups is 2. The molecule has 46 heavy (non-hydrogen) atoms. The lowest BCUT2D eigenvalue weighted by atomic mass is 10.1. The van der Waals surface area contributed by atoms with Crippen LogP contribution in [0.2, 0.25) is 0 Å². The van der Waals surface area contributed by atoms with Crippen molar-refractivity contribution in [1.29, 1.82) is 0 Å². The molecule has 254 valence electrons. The monoisotopic (exact) mass is 644 g/mol. The second-order valence-corrected chi connectivity index (χ2v) is 13.2. The summed E-state index contributed by atoms with van der Waals surface area (Å²) in [4.78, 5) is 42.0. The average Bonchev–Trinajstić information content (AvgIpc) is 2.99. The zero-order chi connectivity index (χ0) is 34.2. The lowest BCUT2D eigenvalue weighted by Crippen LogP contribution is -2.50. The van der Waals surface area contributed by atoms with Crippen molar-refractivity contribution < 1.29 is 34.2 Å². The number of nitrogens with zero attached hydrogens (tertiary/aromatic N) is 5. The van der Waals surface area contributed by atoms with E-state index in [-0.39, 0.29) is 31.1 Å². The SMILES string of the molecule is CC(C)(C)OC(=O)N1CCN(c2ccc(N)cc2CO)CC1.CC(C)(C)OC(=O)N1CCN(c2ccc([N+](=O)[O-])cc2CO)CC1. The van der Waals surface area contributed by atoms with E-state index in [1.54, 1.807) is 21.9 Å². The quantitative estimate of drug-likeness (QED) is 0.244. The Labute approximate surface area is 270 Å². The van der Waals surface area contributed by atoms with Crippen molar-refractivity contribution in [2.75, 3.05) is 67.9 Å². The van der Waals surface area contributed by atoms with Gasteiger partial charge in [0.05, 0.1) is 18.1 Å². The van der Waals surface area contributed by atoms with Crippen molar-refractivity contribution in [3.05, 3.63) is 57.6 Å². The van der Waals surface area contributed by atoms with Gasteiger partial charge in [-0.05, 0) is 65.8 Å². The Hall–Kier alpha value is -4.30. The number of nitrogens with two attached hydrogens (primary N) is 1. The molecule has 2 amide bonds. The highest BCUT2D eigenvalue weighted by Gasteiger charge is 2.28. The topological polar surface area (TPSA) is 175 Å². The summed E-state index contributed by atoms with van der Waals surface area (Å²) >= 11 is 0. The molecule has 2 aromatic carbocycles. The third-order valence-corrected chi connectivity index (χ3v) is 7.26. The number of hydrogen-bond acceptors (Lipinski definition) is 11. The molecule has 0 aromatic heterocycles. The van der Waals surface area contributed by atoms with Crippen LogP contribution in [0.1, 0.15) is 52.7 Å². The molecule has 4 rings (SSSR count). The molecule has 0 spiro atoms. The summed E-state index contributed by atoms with van der Waals surface area (Å²) in [6.07, 6.45) is -0.611. The zero-order valence-electron chi connectivity index (χ0n) is 27.7. The maximum Gasteiger partial charge on any atom is 0.410 e. The summed E-state index contributed by atoms with van der Waals surface area (Å²) in [6.45, 7) is 15.5. The van der Waals surface area contributed by atoms with Gasteiger partial charge in [0, 0.05) is 92.7 Å². The van der Waals surface area contributed by atoms with Gasteiger partial charge in [-0.1, -0.05) is 0 Å². The Morgan fingerprint density at radius 1 is 0.739 bits per heavy atom. The number of carbonyl (C=O) groups is 2. The number of hydrogen-bond donors (Lipinski definition) is 3. The Morgan fingerprint density at radius 2 is 1.13 bits per heavy atom. The minimum atomic E-state index is -0.531. The second-order valence-electron chi connectivity index (χ2n) is 13.2. The Balaban J connectivity index is 0.000000251. The predicted octanol–water partition coefficient (Wildman–Crippen LogP) is 3.96. The fraction of sp³-hybridized carbons (Fsp3) is 0.562. The number of non-ortho nitro benzene ring substituents is 1. The molecule has 2 aliphatic rings. The van der Waals surface area contributed by atoms with Crippen LogP contribution < -0.4 is 15.5 Å². The van der Waals surface area contributed by atoms with Gasteiger partial charge in [0.15, 0.2) is 0 Å². The smallest absolute Gasteiger partial charge is 0.410 e. The second kappa shape index (κ2) is 15.3. The lowest BCUT2D eigenvalue weighted by molar-refractivity contribution is -0.384. The molecule has 0 bridgehead atoms.